The number of carbonyl (C=O) groups is 2. The van der Waals surface area contributed by atoms with Gasteiger partial charge in [0.1, 0.15) is 0 Å². The van der Waals surface area contributed by atoms with Crippen LogP contribution in [0.3, 0.4) is 0 Å². The van der Waals surface area contributed by atoms with Gasteiger partial charge < -0.3 is 15.3 Å². The number of hydrogen-bond acceptors (Lipinski definition) is 3. The molecule has 0 aromatic heterocycles. The van der Waals surface area contributed by atoms with Crippen molar-refractivity contribution in [3.63, 3.8) is 0 Å². The third-order valence-corrected chi connectivity index (χ3v) is 3.43. The Hall–Kier alpha value is -1.36. The Balaban J connectivity index is 3.11. The lowest BCUT2D eigenvalue weighted by Crippen LogP contribution is -2.26. The summed E-state index contributed by atoms with van der Waals surface area (Å²) in [5.41, 5.74) is 0.00768. The minimum absolute atomic E-state index is 0.0103. The summed E-state index contributed by atoms with van der Waals surface area (Å²) in [5.74, 6) is -2.91. The summed E-state index contributed by atoms with van der Waals surface area (Å²) in [5, 5.41) is 27.9. The molecular weight excluding hydrogens is 236 g/mol. The van der Waals surface area contributed by atoms with Crippen LogP contribution in [0, 0.1) is 11.8 Å². The zero-order chi connectivity index (χ0) is 13.9. The first-order valence-corrected chi connectivity index (χ1v) is 6.23. The average Bonchev–Trinajstić information content (AvgIpc) is 2.25. The fourth-order valence-electron chi connectivity index (χ4n) is 2.55. The van der Waals surface area contributed by atoms with Crippen molar-refractivity contribution in [3.05, 3.63) is 11.1 Å². The topological polar surface area (TPSA) is 94.8 Å². The van der Waals surface area contributed by atoms with Crippen LogP contribution in [0.5, 0.6) is 0 Å². The highest BCUT2D eigenvalue weighted by molar-refractivity contribution is 5.99. The third kappa shape index (κ3) is 3.32. The van der Waals surface area contributed by atoms with Gasteiger partial charge in [0.25, 0.3) is 0 Å². The van der Waals surface area contributed by atoms with E-state index in [-0.39, 0.29) is 29.1 Å². The second kappa shape index (κ2) is 6.00. The van der Waals surface area contributed by atoms with Gasteiger partial charge in [0, 0.05) is 0 Å². The van der Waals surface area contributed by atoms with Crippen LogP contribution >= 0.6 is 0 Å². The van der Waals surface area contributed by atoms with Gasteiger partial charge in [-0.2, -0.15) is 0 Å². The fourth-order valence-corrected chi connectivity index (χ4v) is 2.55. The van der Waals surface area contributed by atoms with Crippen molar-refractivity contribution >= 4 is 11.9 Å². The molecule has 0 bridgehead atoms. The molecule has 0 aliphatic heterocycles. The number of rotatable bonds is 4. The van der Waals surface area contributed by atoms with Crippen LogP contribution < -0.4 is 0 Å². The number of aliphatic hydroxyl groups is 1. The summed E-state index contributed by atoms with van der Waals surface area (Å²) in [7, 11) is 0. The van der Waals surface area contributed by atoms with Gasteiger partial charge in [-0.1, -0.05) is 13.8 Å². The molecule has 5 heteroatoms. The Morgan fingerprint density at radius 3 is 1.83 bits per heavy atom. The first kappa shape index (κ1) is 14.7. The van der Waals surface area contributed by atoms with E-state index in [2.05, 4.69) is 0 Å². The number of carboxylic acid groups (broad SMARTS) is 2. The molecule has 0 spiro atoms. The highest BCUT2D eigenvalue weighted by atomic mass is 16.4. The van der Waals surface area contributed by atoms with Gasteiger partial charge in [0.15, 0.2) is 0 Å². The molecule has 0 aromatic rings. The van der Waals surface area contributed by atoms with Crippen molar-refractivity contribution in [1.29, 1.82) is 0 Å². The van der Waals surface area contributed by atoms with E-state index < -0.39 is 11.9 Å². The zero-order valence-electron chi connectivity index (χ0n) is 10.7. The van der Waals surface area contributed by atoms with Crippen LogP contribution in [-0.2, 0) is 9.59 Å². The second-order valence-electron chi connectivity index (χ2n) is 5.10. The largest absolute Gasteiger partial charge is 0.478 e. The van der Waals surface area contributed by atoms with Gasteiger partial charge in [0.05, 0.1) is 17.3 Å². The minimum atomic E-state index is -1.16. The standard InChI is InChI=1S/C13H20O5/c1-7(2)10(12(15)16)11(13(17)18)8-3-5-9(14)6-4-8/h7-9,14H,3-6H2,1-2H3,(H,15,16)(H,17,18)/b11-10-/t8-,9-. The summed E-state index contributed by atoms with van der Waals surface area (Å²) < 4.78 is 0. The third-order valence-electron chi connectivity index (χ3n) is 3.43. The lowest BCUT2D eigenvalue weighted by molar-refractivity contribution is -0.137. The van der Waals surface area contributed by atoms with Crippen molar-refractivity contribution in [1.82, 2.24) is 0 Å². The summed E-state index contributed by atoms with van der Waals surface area (Å²) >= 11 is 0. The first-order chi connectivity index (χ1) is 8.34. The average molecular weight is 256 g/mol. The predicted molar refractivity (Wildman–Crippen MR) is 65.1 cm³/mol. The molecule has 5 nitrogen and oxygen atoms in total. The number of aliphatic hydroxyl groups excluding tert-OH is 1. The number of carboxylic acids is 2. The highest BCUT2D eigenvalue weighted by Crippen LogP contribution is 2.33. The Bertz CT molecular complexity index is 362. The molecule has 0 aromatic carbocycles. The molecule has 0 unspecified atom stereocenters. The van der Waals surface area contributed by atoms with Crippen LogP contribution in [0.1, 0.15) is 39.5 Å². The molecule has 1 saturated carbocycles. The van der Waals surface area contributed by atoms with Crippen molar-refractivity contribution in [3.8, 4) is 0 Å². The smallest absolute Gasteiger partial charge is 0.332 e. The lowest BCUT2D eigenvalue weighted by Gasteiger charge is -2.27. The van der Waals surface area contributed by atoms with E-state index in [1.54, 1.807) is 13.8 Å². The SMILES string of the molecule is CC(C)/C(C(=O)O)=C(/C(=O)O)[C@H]1CC[C@H](O)CC1. The molecule has 0 amide bonds. The molecule has 1 aliphatic rings. The molecule has 3 N–H and O–H groups in total. The van der Waals surface area contributed by atoms with Crippen LogP contribution in [0.4, 0.5) is 0 Å². The van der Waals surface area contributed by atoms with Crippen LogP contribution in [0.2, 0.25) is 0 Å². The monoisotopic (exact) mass is 256 g/mol. The van der Waals surface area contributed by atoms with Crippen molar-refractivity contribution < 1.29 is 24.9 Å². The van der Waals surface area contributed by atoms with E-state index in [4.69, 9.17) is 0 Å². The number of hydrogen-bond donors (Lipinski definition) is 3. The normalized spacial score (nSPS) is 25.8. The van der Waals surface area contributed by atoms with Gasteiger partial charge in [-0.15, -0.1) is 0 Å². The molecule has 1 aliphatic carbocycles. The van der Waals surface area contributed by atoms with Gasteiger partial charge in [0.2, 0.25) is 0 Å². The van der Waals surface area contributed by atoms with E-state index in [1.165, 1.54) is 0 Å². The van der Waals surface area contributed by atoms with Crippen LogP contribution in [0.25, 0.3) is 0 Å². The van der Waals surface area contributed by atoms with Crippen LogP contribution in [-0.4, -0.2) is 33.4 Å². The molecule has 0 heterocycles. The van der Waals surface area contributed by atoms with E-state index >= 15 is 0 Å². The Labute approximate surface area is 106 Å². The first-order valence-electron chi connectivity index (χ1n) is 6.23. The predicted octanol–water partition coefficient (Wildman–Crippen LogP) is 1.66. The Morgan fingerprint density at radius 1 is 1.00 bits per heavy atom. The summed E-state index contributed by atoms with van der Waals surface area (Å²) in [6.45, 7) is 3.37. The molecule has 0 saturated heterocycles. The van der Waals surface area contributed by atoms with E-state index in [0.29, 0.717) is 25.7 Å². The van der Waals surface area contributed by atoms with E-state index in [0.717, 1.165) is 0 Å². The Kier molecular flexibility index (Phi) is 4.90. The molecule has 0 atom stereocenters. The molecule has 1 fully saturated rings. The lowest BCUT2D eigenvalue weighted by atomic mass is 9.79. The highest BCUT2D eigenvalue weighted by Gasteiger charge is 2.31. The molecule has 1 rings (SSSR count). The van der Waals surface area contributed by atoms with Gasteiger partial charge in [-0.25, -0.2) is 9.59 Å². The van der Waals surface area contributed by atoms with Gasteiger partial charge in [-0.3, -0.25) is 0 Å². The summed E-state index contributed by atoms with van der Waals surface area (Å²) in [6, 6.07) is 0. The zero-order valence-corrected chi connectivity index (χ0v) is 10.7. The quantitative estimate of drug-likeness (QED) is 0.665. The molecule has 0 radical (unpaired) electrons. The summed E-state index contributed by atoms with van der Waals surface area (Å²) in [6.07, 6.45) is 1.75. The fraction of sp³-hybridized carbons (Fsp3) is 0.692. The molecule has 102 valence electrons. The van der Waals surface area contributed by atoms with Crippen molar-refractivity contribution in [2.24, 2.45) is 11.8 Å². The van der Waals surface area contributed by atoms with Crippen molar-refractivity contribution in [2.75, 3.05) is 0 Å². The maximum Gasteiger partial charge on any atom is 0.332 e. The van der Waals surface area contributed by atoms with E-state index in [9.17, 15) is 24.9 Å². The van der Waals surface area contributed by atoms with E-state index in [1.807, 2.05) is 0 Å². The van der Waals surface area contributed by atoms with Crippen LogP contribution in [0.15, 0.2) is 11.1 Å². The maximum absolute atomic E-state index is 11.3. The Morgan fingerprint density at radius 2 is 1.50 bits per heavy atom. The van der Waals surface area contributed by atoms with Gasteiger partial charge in [-0.05, 0) is 37.5 Å². The number of aliphatic carboxylic acids is 2. The van der Waals surface area contributed by atoms with Gasteiger partial charge >= 0.3 is 11.9 Å². The summed E-state index contributed by atoms with van der Waals surface area (Å²) in [4.78, 5) is 22.6. The molecular formula is C13H20O5. The van der Waals surface area contributed by atoms with Crippen molar-refractivity contribution in [2.45, 2.75) is 45.6 Å². The minimum Gasteiger partial charge on any atom is -0.478 e. The second-order valence-corrected chi connectivity index (χ2v) is 5.10. The molecule has 18 heavy (non-hydrogen) atoms. The maximum atomic E-state index is 11.3.